The molecule has 0 saturated carbocycles. The topological polar surface area (TPSA) is 38.0 Å². The van der Waals surface area contributed by atoms with Crippen LogP contribution in [-0.4, -0.2) is 25.3 Å². The molecule has 14 heavy (non-hydrogen) atoms. The van der Waals surface area contributed by atoms with Gasteiger partial charge >= 0.3 is 6.18 Å². The van der Waals surface area contributed by atoms with Crippen LogP contribution in [0, 0.1) is 0 Å². The number of nitrogens with two attached hydrogens (primary N) is 1. The average Bonchev–Trinajstić information content (AvgIpc) is 2.09. The zero-order valence-electron chi connectivity index (χ0n) is 8.53. The van der Waals surface area contributed by atoms with E-state index >= 15 is 0 Å². The Balaban J connectivity index is 3.58. The van der Waals surface area contributed by atoms with Crippen molar-refractivity contribution in [2.24, 2.45) is 5.73 Å². The first-order valence-corrected chi connectivity index (χ1v) is 4.99. The van der Waals surface area contributed by atoms with E-state index in [1.807, 2.05) is 0 Å². The summed E-state index contributed by atoms with van der Waals surface area (Å²) in [6, 6.07) is -0.205. The van der Waals surface area contributed by atoms with Gasteiger partial charge in [-0.25, -0.2) is 0 Å². The van der Waals surface area contributed by atoms with E-state index in [2.05, 4.69) is 12.2 Å². The molecule has 0 heterocycles. The highest BCUT2D eigenvalue weighted by atomic mass is 19.4. The predicted molar refractivity (Wildman–Crippen MR) is 51.0 cm³/mol. The molecule has 0 aliphatic heterocycles. The van der Waals surface area contributed by atoms with Crippen LogP contribution in [0.1, 0.15) is 32.6 Å². The van der Waals surface area contributed by atoms with E-state index in [1.165, 1.54) is 0 Å². The molecule has 0 aromatic heterocycles. The highest BCUT2D eigenvalue weighted by molar-refractivity contribution is 4.69. The van der Waals surface area contributed by atoms with Crippen molar-refractivity contribution in [3.8, 4) is 0 Å². The summed E-state index contributed by atoms with van der Waals surface area (Å²) in [7, 11) is 0. The lowest BCUT2D eigenvalue weighted by molar-refractivity contribution is -0.126. The SMILES string of the molecule is CCCCCC(CN)NCC(F)(F)F. The Morgan fingerprint density at radius 2 is 1.93 bits per heavy atom. The van der Waals surface area contributed by atoms with Crippen molar-refractivity contribution in [1.29, 1.82) is 0 Å². The van der Waals surface area contributed by atoms with Gasteiger partial charge in [0.2, 0.25) is 0 Å². The molecule has 3 N–H and O–H groups in total. The van der Waals surface area contributed by atoms with E-state index < -0.39 is 12.7 Å². The Kier molecular flexibility index (Phi) is 6.92. The molecule has 0 aromatic carbocycles. The fraction of sp³-hybridized carbons (Fsp3) is 1.00. The van der Waals surface area contributed by atoms with Gasteiger partial charge in [-0.05, 0) is 6.42 Å². The van der Waals surface area contributed by atoms with Crippen molar-refractivity contribution in [2.45, 2.75) is 44.8 Å². The fourth-order valence-corrected chi connectivity index (χ4v) is 1.20. The molecule has 2 nitrogen and oxygen atoms in total. The number of halogens is 3. The quantitative estimate of drug-likeness (QED) is 0.634. The van der Waals surface area contributed by atoms with E-state index in [9.17, 15) is 13.2 Å². The summed E-state index contributed by atoms with van der Waals surface area (Å²) in [6.45, 7) is 1.38. The van der Waals surface area contributed by atoms with Crippen molar-refractivity contribution >= 4 is 0 Å². The van der Waals surface area contributed by atoms with Crippen molar-refractivity contribution in [3.05, 3.63) is 0 Å². The van der Waals surface area contributed by atoms with Crippen LogP contribution >= 0.6 is 0 Å². The minimum Gasteiger partial charge on any atom is -0.329 e. The summed E-state index contributed by atoms with van der Waals surface area (Å²) in [5, 5.41) is 2.42. The van der Waals surface area contributed by atoms with Gasteiger partial charge in [0.05, 0.1) is 6.54 Å². The van der Waals surface area contributed by atoms with Gasteiger partial charge in [-0.2, -0.15) is 13.2 Å². The molecule has 0 aliphatic rings. The third-order valence-electron chi connectivity index (χ3n) is 2.03. The number of alkyl halides is 3. The van der Waals surface area contributed by atoms with Gasteiger partial charge in [0.15, 0.2) is 0 Å². The van der Waals surface area contributed by atoms with Crippen LogP contribution < -0.4 is 11.1 Å². The van der Waals surface area contributed by atoms with Crippen molar-refractivity contribution in [1.82, 2.24) is 5.32 Å². The van der Waals surface area contributed by atoms with Gasteiger partial charge in [-0.15, -0.1) is 0 Å². The molecule has 0 aromatic rings. The van der Waals surface area contributed by atoms with Crippen LogP contribution in [0.4, 0.5) is 13.2 Å². The van der Waals surface area contributed by atoms with Gasteiger partial charge in [0.1, 0.15) is 0 Å². The molecule has 0 rings (SSSR count). The number of hydrogen-bond donors (Lipinski definition) is 2. The van der Waals surface area contributed by atoms with E-state index in [1.54, 1.807) is 0 Å². The minimum absolute atomic E-state index is 0.205. The molecule has 0 radical (unpaired) electrons. The third kappa shape index (κ3) is 8.31. The number of unbranched alkanes of at least 4 members (excludes halogenated alkanes) is 2. The van der Waals surface area contributed by atoms with Gasteiger partial charge in [-0.3, -0.25) is 0 Å². The molecule has 1 atom stereocenters. The van der Waals surface area contributed by atoms with Crippen molar-refractivity contribution in [3.63, 3.8) is 0 Å². The lowest BCUT2D eigenvalue weighted by Crippen LogP contribution is -2.41. The Labute approximate surface area is 83.0 Å². The van der Waals surface area contributed by atoms with Crippen LogP contribution in [0.5, 0.6) is 0 Å². The van der Waals surface area contributed by atoms with Crippen LogP contribution in [0.25, 0.3) is 0 Å². The summed E-state index contributed by atoms with van der Waals surface area (Å²) < 4.78 is 35.5. The van der Waals surface area contributed by atoms with Gasteiger partial charge in [0, 0.05) is 12.6 Å². The Morgan fingerprint density at radius 1 is 1.29 bits per heavy atom. The molecule has 86 valence electrons. The van der Waals surface area contributed by atoms with E-state index in [4.69, 9.17) is 5.73 Å². The average molecular weight is 212 g/mol. The van der Waals surface area contributed by atoms with Gasteiger partial charge in [0.25, 0.3) is 0 Å². The molecular weight excluding hydrogens is 193 g/mol. The minimum atomic E-state index is -4.14. The first kappa shape index (κ1) is 13.7. The molecule has 0 spiro atoms. The Morgan fingerprint density at radius 3 is 2.36 bits per heavy atom. The van der Waals surface area contributed by atoms with Gasteiger partial charge in [-0.1, -0.05) is 26.2 Å². The van der Waals surface area contributed by atoms with Crippen LogP contribution in [0.3, 0.4) is 0 Å². The maximum absolute atomic E-state index is 11.8. The fourth-order valence-electron chi connectivity index (χ4n) is 1.20. The van der Waals surface area contributed by atoms with Crippen LogP contribution in [0.15, 0.2) is 0 Å². The lowest BCUT2D eigenvalue weighted by atomic mass is 10.1. The second-order valence-corrected chi connectivity index (χ2v) is 3.42. The van der Waals surface area contributed by atoms with Gasteiger partial charge < -0.3 is 11.1 Å². The molecule has 0 bridgehead atoms. The highest BCUT2D eigenvalue weighted by Crippen LogP contribution is 2.13. The first-order valence-electron chi connectivity index (χ1n) is 4.99. The Hall–Kier alpha value is -0.290. The monoisotopic (exact) mass is 212 g/mol. The maximum atomic E-state index is 11.8. The molecule has 0 fully saturated rings. The van der Waals surface area contributed by atoms with Crippen LogP contribution in [-0.2, 0) is 0 Å². The second-order valence-electron chi connectivity index (χ2n) is 3.42. The van der Waals surface area contributed by atoms with E-state index in [-0.39, 0.29) is 12.6 Å². The molecule has 1 unspecified atom stereocenters. The summed E-state index contributed by atoms with van der Waals surface area (Å²) in [5.41, 5.74) is 5.35. The smallest absolute Gasteiger partial charge is 0.329 e. The van der Waals surface area contributed by atoms with Crippen molar-refractivity contribution < 1.29 is 13.2 Å². The lowest BCUT2D eigenvalue weighted by Gasteiger charge is -2.17. The summed E-state index contributed by atoms with van der Waals surface area (Å²) >= 11 is 0. The highest BCUT2D eigenvalue weighted by Gasteiger charge is 2.27. The largest absolute Gasteiger partial charge is 0.401 e. The predicted octanol–water partition coefficient (Wildman–Crippen LogP) is 2.05. The Bertz CT molecular complexity index is 137. The molecule has 0 amide bonds. The van der Waals surface area contributed by atoms with E-state index in [0.29, 0.717) is 0 Å². The normalized spacial score (nSPS) is 14.4. The van der Waals surface area contributed by atoms with Crippen LogP contribution in [0.2, 0.25) is 0 Å². The molecule has 0 saturated heterocycles. The zero-order valence-corrected chi connectivity index (χ0v) is 8.53. The number of rotatable bonds is 7. The molecule has 5 heteroatoms. The standard InChI is InChI=1S/C9H19F3N2/c1-2-3-4-5-8(6-13)14-7-9(10,11)12/h8,14H,2-7,13H2,1H3. The van der Waals surface area contributed by atoms with Crippen molar-refractivity contribution in [2.75, 3.05) is 13.1 Å². The number of hydrogen-bond acceptors (Lipinski definition) is 2. The molecular formula is C9H19F3N2. The first-order chi connectivity index (χ1) is 6.49. The second kappa shape index (κ2) is 7.06. The summed E-state index contributed by atoms with van der Waals surface area (Å²) in [4.78, 5) is 0. The van der Waals surface area contributed by atoms with E-state index in [0.717, 1.165) is 25.7 Å². The molecule has 0 aliphatic carbocycles. The summed E-state index contributed by atoms with van der Waals surface area (Å²) in [6.07, 6.45) is -0.372. The zero-order chi connectivity index (χ0) is 11.0. The summed E-state index contributed by atoms with van der Waals surface area (Å²) in [5.74, 6) is 0. The number of nitrogens with one attached hydrogen (secondary N) is 1. The third-order valence-corrected chi connectivity index (χ3v) is 2.03. The maximum Gasteiger partial charge on any atom is 0.401 e.